The molecule has 0 aromatic carbocycles. The summed E-state index contributed by atoms with van der Waals surface area (Å²) in [4.78, 5) is 6.16. The zero-order chi connectivity index (χ0) is 15.5. The van der Waals surface area contributed by atoms with E-state index in [-0.39, 0.29) is 11.8 Å². The topological polar surface area (TPSA) is 136 Å². The second-order valence-corrected chi connectivity index (χ2v) is 5.95. The molecular weight excluding hydrogens is 298 g/mol. The summed E-state index contributed by atoms with van der Waals surface area (Å²) in [6.07, 6.45) is 5.68. The fraction of sp³-hybridized carbons (Fsp3) is 0.636. The van der Waals surface area contributed by atoms with Crippen molar-refractivity contribution >= 4 is 28.0 Å². The first-order chi connectivity index (χ1) is 9.87. The molecule has 10 heteroatoms. The molecule has 5 N–H and O–H groups in total. The van der Waals surface area contributed by atoms with Gasteiger partial charge in [-0.2, -0.15) is 8.42 Å². The quantitative estimate of drug-likeness (QED) is 0.503. The number of rotatable bonds is 3. The van der Waals surface area contributed by atoms with Gasteiger partial charge >= 0.3 is 16.3 Å². The zero-order valence-corrected chi connectivity index (χ0v) is 12.4. The van der Waals surface area contributed by atoms with Crippen LogP contribution in [0.2, 0.25) is 0 Å². The molecule has 1 fully saturated rings. The standard InChI is InChI=1S/C11H19N5O4S/c12-9-8-10(15-6-4-2-1-3-5-7-15)14-11(13)16(9)20-21(17,18)19/h8H,1-7H2,(H4,12,13,14,17,18,19)/p+1. The first-order valence-corrected chi connectivity index (χ1v) is 8.14. The van der Waals surface area contributed by atoms with E-state index in [4.69, 9.17) is 16.0 Å². The second-order valence-electron chi connectivity index (χ2n) is 4.95. The van der Waals surface area contributed by atoms with Gasteiger partial charge in [-0.3, -0.25) is 4.55 Å². The summed E-state index contributed by atoms with van der Waals surface area (Å²) in [5, 5.41) is 0. The van der Waals surface area contributed by atoms with Gasteiger partial charge in [0, 0.05) is 13.1 Å². The Hall–Kier alpha value is -1.81. The highest BCUT2D eigenvalue weighted by Gasteiger charge is 2.22. The van der Waals surface area contributed by atoms with Crippen LogP contribution in [0.5, 0.6) is 0 Å². The van der Waals surface area contributed by atoms with Gasteiger partial charge in [-0.25, -0.2) is 4.28 Å². The van der Waals surface area contributed by atoms with Crippen molar-refractivity contribution in [2.24, 2.45) is 0 Å². The Morgan fingerprint density at radius 2 is 1.76 bits per heavy atom. The maximum Gasteiger partial charge on any atom is 0.474 e. The predicted octanol–water partition coefficient (Wildman–Crippen LogP) is -0.465. The van der Waals surface area contributed by atoms with Gasteiger partial charge in [0.05, 0.1) is 6.07 Å². The normalized spacial score (nSPS) is 17.1. The number of anilines is 3. The molecular formula is C11H20N5O4S+. The molecule has 0 bridgehead atoms. The van der Waals surface area contributed by atoms with Crippen molar-refractivity contribution in [3.05, 3.63) is 6.07 Å². The Morgan fingerprint density at radius 3 is 2.29 bits per heavy atom. The molecule has 2 heterocycles. The lowest BCUT2D eigenvalue weighted by molar-refractivity contribution is -0.835. The summed E-state index contributed by atoms with van der Waals surface area (Å²) in [6, 6.07) is 1.48. The highest BCUT2D eigenvalue weighted by Crippen LogP contribution is 2.18. The van der Waals surface area contributed by atoms with Gasteiger partial charge in [0.25, 0.3) is 0 Å². The van der Waals surface area contributed by atoms with Gasteiger partial charge in [0.2, 0.25) is 5.82 Å². The van der Waals surface area contributed by atoms with E-state index in [2.05, 4.69) is 14.2 Å². The monoisotopic (exact) mass is 318 g/mol. The third-order valence-corrected chi connectivity index (χ3v) is 3.63. The predicted molar refractivity (Wildman–Crippen MR) is 76.7 cm³/mol. The largest absolute Gasteiger partial charge is 0.474 e. The van der Waals surface area contributed by atoms with Crippen LogP contribution >= 0.6 is 0 Å². The first kappa shape index (κ1) is 15.6. The van der Waals surface area contributed by atoms with Crippen molar-refractivity contribution in [1.29, 1.82) is 0 Å². The molecule has 1 aromatic rings. The molecule has 1 aliphatic heterocycles. The summed E-state index contributed by atoms with van der Waals surface area (Å²) >= 11 is 0. The summed E-state index contributed by atoms with van der Waals surface area (Å²) in [6.45, 7) is 1.68. The van der Waals surface area contributed by atoms with Crippen LogP contribution in [-0.2, 0) is 10.4 Å². The molecule has 0 radical (unpaired) electrons. The lowest BCUT2D eigenvalue weighted by Gasteiger charge is -2.24. The van der Waals surface area contributed by atoms with Gasteiger partial charge in [-0.05, 0) is 17.6 Å². The first-order valence-electron chi connectivity index (χ1n) is 6.77. The van der Waals surface area contributed by atoms with E-state index in [1.54, 1.807) is 0 Å². The van der Waals surface area contributed by atoms with Crippen LogP contribution < -0.4 is 25.4 Å². The summed E-state index contributed by atoms with van der Waals surface area (Å²) in [5.74, 6) is 0.268. The molecule has 2 rings (SSSR count). The third kappa shape index (κ3) is 4.33. The molecule has 0 unspecified atom stereocenters. The van der Waals surface area contributed by atoms with E-state index < -0.39 is 10.4 Å². The van der Waals surface area contributed by atoms with Crippen LogP contribution in [0.25, 0.3) is 0 Å². The minimum atomic E-state index is -4.72. The van der Waals surface area contributed by atoms with Crippen LogP contribution in [0.15, 0.2) is 6.07 Å². The number of aromatic nitrogens is 2. The molecule has 0 saturated carbocycles. The van der Waals surface area contributed by atoms with Gasteiger partial charge < -0.3 is 16.4 Å². The Kier molecular flexibility index (Phi) is 4.68. The molecule has 0 atom stereocenters. The molecule has 21 heavy (non-hydrogen) atoms. The summed E-state index contributed by atoms with van der Waals surface area (Å²) in [7, 11) is -4.72. The highest BCUT2D eigenvalue weighted by molar-refractivity contribution is 7.80. The number of nitrogen functional groups attached to an aromatic ring is 2. The van der Waals surface area contributed by atoms with Gasteiger partial charge in [-0.15, -0.1) is 0 Å². The molecule has 0 amide bonds. The van der Waals surface area contributed by atoms with Crippen LogP contribution in [0.3, 0.4) is 0 Å². The van der Waals surface area contributed by atoms with E-state index >= 15 is 0 Å². The van der Waals surface area contributed by atoms with Crippen LogP contribution in [0.4, 0.5) is 17.6 Å². The third-order valence-electron chi connectivity index (χ3n) is 3.30. The maximum atomic E-state index is 10.7. The number of nitrogens with zero attached hydrogens (tertiary/aromatic N) is 3. The van der Waals surface area contributed by atoms with E-state index in [0.717, 1.165) is 25.9 Å². The van der Waals surface area contributed by atoms with Crippen molar-refractivity contribution in [1.82, 2.24) is 4.98 Å². The minimum Gasteiger partial charge on any atom is -0.346 e. The van der Waals surface area contributed by atoms with Gasteiger partial charge in [-0.1, -0.05) is 24.2 Å². The smallest absolute Gasteiger partial charge is 0.346 e. The SMILES string of the molecule is Nc1cc(N2CCCCCCC2)nc(N)[n+]1OS(=O)(=O)O. The summed E-state index contributed by atoms with van der Waals surface area (Å²) in [5.41, 5.74) is 11.4. The van der Waals surface area contributed by atoms with Crippen LogP contribution in [0.1, 0.15) is 32.1 Å². The van der Waals surface area contributed by atoms with E-state index in [1.807, 2.05) is 0 Å². The Morgan fingerprint density at radius 1 is 1.19 bits per heavy atom. The zero-order valence-electron chi connectivity index (χ0n) is 11.6. The fourth-order valence-electron chi connectivity index (χ4n) is 2.33. The Balaban J connectivity index is 2.25. The van der Waals surface area contributed by atoms with Crippen molar-refractivity contribution in [2.75, 3.05) is 29.5 Å². The van der Waals surface area contributed by atoms with Crippen LogP contribution in [0, 0.1) is 0 Å². The lowest BCUT2D eigenvalue weighted by Crippen LogP contribution is -2.50. The van der Waals surface area contributed by atoms with Crippen molar-refractivity contribution in [3.8, 4) is 0 Å². The lowest BCUT2D eigenvalue weighted by atomic mass is 10.1. The highest BCUT2D eigenvalue weighted by atomic mass is 32.3. The Bertz CT molecular complexity index is 576. The average molecular weight is 318 g/mol. The van der Waals surface area contributed by atoms with Crippen molar-refractivity contribution in [2.45, 2.75) is 32.1 Å². The molecule has 1 aliphatic rings. The Labute approximate surface area is 123 Å². The van der Waals surface area contributed by atoms with Crippen molar-refractivity contribution in [3.63, 3.8) is 0 Å². The maximum absolute atomic E-state index is 10.7. The average Bonchev–Trinajstić information content (AvgIpc) is 2.32. The second kappa shape index (κ2) is 6.31. The number of hydrogen-bond donors (Lipinski definition) is 3. The molecule has 1 aromatic heterocycles. The molecule has 118 valence electrons. The number of hydrogen-bond acceptors (Lipinski definition) is 7. The number of nitrogens with two attached hydrogens (primary N) is 2. The summed E-state index contributed by atoms with van der Waals surface area (Å²) < 4.78 is 35.0. The molecule has 1 saturated heterocycles. The van der Waals surface area contributed by atoms with Gasteiger partial charge in [0.1, 0.15) is 0 Å². The van der Waals surface area contributed by atoms with E-state index in [9.17, 15) is 8.42 Å². The van der Waals surface area contributed by atoms with Gasteiger partial charge in [0.15, 0.2) is 5.82 Å². The molecule has 9 nitrogen and oxygen atoms in total. The molecule has 0 aliphatic carbocycles. The van der Waals surface area contributed by atoms with Crippen molar-refractivity contribution < 1.29 is 22.0 Å². The minimum absolute atomic E-state index is 0.0582. The van der Waals surface area contributed by atoms with Crippen LogP contribution in [-0.4, -0.2) is 31.0 Å². The molecule has 0 spiro atoms. The fourth-order valence-corrected chi connectivity index (χ4v) is 2.68. The van der Waals surface area contributed by atoms with E-state index in [1.165, 1.54) is 25.3 Å². The van der Waals surface area contributed by atoms with E-state index in [0.29, 0.717) is 10.5 Å².